The van der Waals surface area contributed by atoms with E-state index in [0.717, 1.165) is 25.7 Å². The molecule has 0 amide bonds. The quantitative estimate of drug-likeness (QED) is 0.336. The van der Waals surface area contributed by atoms with Gasteiger partial charge in [-0.25, -0.2) is 9.59 Å². The van der Waals surface area contributed by atoms with E-state index in [9.17, 15) is 9.59 Å². The topological polar surface area (TPSA) is 89.5 Å². The molecule has 0 unspecified atom stereocenters. The molecule has 0 aliphatic heterocycles. The average molecular weight is 364 g/mol. The summed E-state index contributed by atoms with van der Waals surface area (Å²) in [5.41, 5.74) is -1.08. The van der Waals surface area contributed by atoms with Crippen molar-refractivity contribution in [1.82, 2.24) is 0 Å². The van der Waals surface area contributed by atoms with Crippen LogP contribution in [0.5, 0.6) is 0 Å². The van der Waals surface area contributed by atoms with Crippen LogP contribution in [-0.2, 0) is 39.2 Å². The molecule has 0 aromatic carbocycles. The SMILES string of the molecule is CCCC(C)(C)OOOC(=O)CCCC(=O)OOOC(C)(C)CCC. The summed E-state index contributed by atoms with van der Waals surface area (Å²) < 4.78 is 0. The van der Waals surface area contributed by atoms with Crippen molar-refractivity contribution in [1.29, 1.82) is 0 Å². The molecule has 25 heavy (non-hydrogen) atoms. The van der Waals surface area contributed by atoms with E-state index < -0.39 is 23.1 Å². The van der Waals surface area contributed by atoms with Crippen LogP contribution >= 0.6 is 0 Å². The molecule has 0 N–H and O–H groups in total. The van der Waals surface area contributed by atoms with E-state index in [0.29, 0.717) is 0 Å². The van der Waals surface area contributed by atoms with Crippen molar-refractivity contribution < 1.29 is 39.2 Å². The highest BCUT2D eigenvalue weighted by Crippen LogP contribution is 2.18. The molecule has 0 heterocycles. The lowest BCUT2D eigenvalue weighted by atomic mass is 10.0. The first kappa shape index (κ1) is 23.8. The predicted octanol–water partition coefficient (Wildman–Crippen LogP) is 4.13. The summed E-state index contributed by atoms with van der Waals surface area (Å²) in [5.74, 6) is -1.28. The van der Waals surface area contributed by atoms with Crippen LogP contribution < -0.4 is 0 Å². The van der Waals surface area contributed by atoms with E-state index in [4.69, 9.17) is 9.78 Å². The van der Waals surface area contributed by atoms with Crippen LogP contribution in [0.1, 0.15) is 86.5 Å². The minimum Gasteiger partial charge on any atom is -0.269 e. The van der Waals surface area contributed by atoms with E-state index >= 15 is 0 Å². The molecule has 0 bridgehead atoms. The fourth-order valence-electron chi connectivity index (χ4n) is 2.04. The number of carbonyl (C=O) groups excluding carboxylic acids is 2. The Kier molecular flexibility index (Phi) is 11.6. The number of hydrogen-bond acceptors (Lipinski definition) is 8. The molecule has 8 nitrogen and oxygen atoms in total. The lowest BCUT2D eigenvalue weighted by molar-refractivity contribution is -0.517. The van der Waals surface area contributed by atoms with Gasteiger partial charge in [-0.15, -0.1) is 0 Å². The van der Waals surface area contributed by atoms with Crippen molar-refractivity contribution in [2.45, 2.75) is 97.7 Å². The minimum atomic E-state index is -0.638. The Hall–Kier alpha value is -1.22. The highest BCUT2D eigenvalue weighted by Gasteiger charge is 2.21. The van der Waals surface area contributed by atoms with Gasteiger partial charge in [-0.1, -0.05) is 26.7 Å². The molecule has 148 valence electrons. The van der Waals surface area contributed by atoms with E-state index in [-0.39, 0.29) is 19.3 Å². The summed E-state index contributed by atoms with van der Waals surface area (Å²) in [5, 5.41) is 8.97. The molecular weight excluding hydrogens is 332 g/mol. The van der Waals surface area contributed by atoms with Crippen LogP contribution in [0, 0.1) is 0 Å². The maximum Gasteiger partial charge on any atom is 0.345 e. The van der Waals surface area contributed by atoms with Crippen molar-refractivity contribution >= 4 is 11.9 Å². The zero-order chi connectivity index (χ0) is 19.3. The average Bonchev–Trinajstić information content (AvgIpc) is 2.46. The molecule has 0 atom stereocenters. The lowest BCUT2D eigenvalue weighted by Crippen LogP contribution is -2.25. The molecule has 0 aliphatic carbocycles. The first-order valence-electron chi connectivity index (χ1n) is 8.72. The van der Waals surface area contributed by atoms with Crippen molar-refractivity contribution in [2.24, 2.45) is 0 Å². The van der Waals surface area contributed by atoms with Crippen molar-refractivity contribution in [3.63, 3.8) is 0 Å². The van der Waals surface area contributed by atoms with E-state index in [1.807, 2.05) is 41.5 Å². The molecule has 0 aliphatic rings. The third-order valence-corrected chi connectivity index (χ3v) is 3.24. The Morgan fingerprint density at radius 1 is 0.720 bits per heavy atom. The second-order valence-corrected chi connectivity index (χ2v) is 7.09. The molecule has 8 heteroatoms. The third-order valence-electron chi connectivity index (χ3n) is 3.24. The molecule has 0 aromatic heterocycles. The standard InChI is InChI=1S/C17H32O8/c1-7-12-16(3,4)22-24-20-14(18)10-9-11-15(19)21-25-23-17(5,6)13-8-2/h7-13H2,1-6H3. The fourth-order valence-corrected chi connectivity index (χ4v) is 2.04. The minimum absolute atomic E-state index is 0.0190. The Balaban J connectivity index is 3.75. The highest BCUT2D eigenvalue weighted by atomic mass is 17.5. The van der Waals surface area contributed by atoms with Crippen molar-refractivity contribution in [3.05, 3.63) is 0 Å². The van der Waals surface area contributed by atoms with Crippen molar-refractivity contribution in [2.75, 3.05) is 0 Å². The lowest BCUT2D eigenvalue weighted by Gasteiger charge is -2.21. The predicted molar refractivity (Wildman–Crippen MR) is 88.3 cm³/mol. The van der Waals surface area contributed by atoms with E-state index in [2.05, 4.69) is 19.9 Å². The highest BCUT2D eigenvalue weighted by molar-refractivity contribution is 5.71. The van der Waals surface area contributed by atoms with Gasteiger partial charge in [0.25, 0.3) is 0 Å². The maximum absolute atomic E-state index is 11.5. The van der Waals surface area contributed by atoms with Gasteiger partial charge in [0.15, 0.2) is 0 Å². The van der Waals surface area contributed by atoms with E-state index in [1.54, 1.807) is 0 Å². The third kappa shape index (κ3) is 13.7. The largest absolute Gasteiger partial charge is 0.345 e. The molecular formula is C17H32O8. The van der Waals surface area contributed by atoms with Crippen molar-refractivity contribution in [3.8, 4) is 0 Å². The van der Waals surface area contributed by atoms with Crippen LogP contribution in [0.4, 0.5) is 0 Å². The van der Waals surface area contributed by atoms with Crippen LogP contribution in [0.25, 0.3) is 0 Å². The maximum atomic E-state index is 11.5. The van der Waals surface area contributed by atoms with E-state index in [1.165, 1.54) is 0 Å². The second kappa shape index (κ2) is 12.2. The van der Waals surface area contributed by atoms with Gasteiger partial charge in [-0.2, -0.15) is 9.78 Å². The number of carbonyl (C=O) groups is 2. The summed E-state index contributed by atoms with van der Waals surface area (Å²) >= 11 is 0. The van der Waals surface area contributed by atoms with Gasteiger partial charge < -0.3 is 0 Å². The van der Waals surface area contributed by atoms with Gasteiger partial charge in [0, 0.05) is 12.8 Å². The summed E-state index contributed by atoms with van der Waals surface area (Å²) in [6.07, 6.45) is 3.52. The van der Waals surface area contributed by atoms with Crippen LogP contribution in [0.2, 0.25) is 0 Å². The zero-order valence-corrected chi connectivity index (χ0v) is 16.2. The Bertz CT molecular complexity index is 356. The Morgan fingerprint density at radius 2 is 1.08 bits per heavy atom. The van der Waals surface area contributed by atoms with Crippen LogP contribution in [0.15, 0.2) is 0 Å². The molecule has 0 saturated heterocycles. The summed E-state index contributed by atoms with van der Waals surface area (Å²) in [6.45, 7) is 11.3. The first-order chi connectivity index (χ1) is 11.6. The van der Waals surface area contributed by atoms with Gasteiger partial charge in [0.2, 0.25) is 0 Å². The first-order valence-corrected chi connectivity index (χ1v) is 8.72. The number of rotatable bonds is 14. The molecule has 0 aromatic rings. The molecule has 0 radical (unpaired) electrons. The van der Waals surface area contributed by atoms with Gasteiger partial charge in [0.05, 0.1) is 0 Å². The Labute approximate surface area is 149 Å². The molecule has 0 fully saturated rings. The van der Waals surface area contributed by atoms with Crippen LogP contribution in [0.3, 0.4) is 0 Å². The second-order valence-electron chi connectivity index (χ2n) is 7.09. The van der Waals surface area contributed by atoms with Gasteiger partial charge in [-0.3, -0.25) is 9.78 Å². The zero-order valence-electron chi connectivity index (χ0n) is 16.2. The summed E-state index contributed by atoms with van der Waals surface area (Å²) in [7, 11) is 0. The van der Waals surface area contributed by atoms with Gasteiger partial charge in [0.1, 0.15) is 11.2 Å². The molecule has 0 spiro atoms. The normalized spacial score (nSPS) is 12.1. The van der Waals surface area contributed by atoms with Crippen LogP contribution in [-0.4, -0.2) is 23.1 Å². The molecule has 0 rings (SSSR count). The monoisotopic (exact) mass is 364 g/mol. The number of hydrogen-bond donors (Lipinski definition) is 0. The smallest absolute Gasteiger partial charge is 0.269 e. The fraction of sp³-hybridized carbons (Fsp3) is 0.882. The Morgan fingerprint density at radius 3 is 1.40 bits per heavy atom. The van der Waals surface area contributed by atoms with Gasteiger partial charge >= 0.3 is 11.9 Å². The summed E-state index contributed by atoms with van der Waals surface area (Å²) in [4.78, 5) is 41.9. The summed E-state index contributed by atoms with van der Waals surface area (Å²) in [6, 6.07) is 0. The van der Waals surface area contributed by atoms with Gasteiger partial charge in [-0.05, 0) is 57.0 Å². The molecule has 0 saturated carbocycles.